The fraction of sp³-hybridized carbons (Fsp3) is 0.250. The van der Waals surface area contributed by atoms with Crippen molar-refractivity contribution in [3.05, 3.63) is 132 Å². The molecule has 0 amide bonds. The minimum absolute atomic E-state index is 0.526. The molecule has 4 aromatic rings. The number of benzene rings is 4. The standard InChI is InChI=1S/C32H34N2O/c1-4-10-27(11-5-1)24-33-22-20-31(21-23-33)34(25-28-12-6-2-7-13-28)30-16-18-32(19-17-30)35-26-29-14-8-3-9-15-29/h1-19,31H,20-26H2. The highest BCUT2D eigenvalue weighted by Gasteiger charge is 2.25. The average Bonchev–Trinajstić information content (AvgIpc) is 2.93. The summed E-state index contributed by atoms with van der Waals surface area (Å²) in [5.74, 6) is 0.912. The molecule has 4 aromatic carbocycles. The monoisotopic (exact) mass is 462 g/mol. The molecule has 3 heteroatoms. The Labute approximate surface area is 209 Å². The van der Waals surface area contributed by atoms with Crippen LogP contribution in [0, 0.1) is 0 Å². The summed E-state index contributed by atoms with van der Waals surface area (Å²) in [7, 11) is 0. The van der Waals surface area contributed by atoms with E-state index in [2.05, 4.69) is 119 Å². The molecule has 1 saturated heterocycles. The number of ether oxygens (including phenoxy) is 1. The van der Waals surface area contributed by atoms with E-state index in [0.717, 1.165) is 31.9 Å². The van der Waals surface area contributed by atoms with Crippen molar-refractivity contribution in [3.63, 3.8) is 0 Å². The number of anilines is 1. The van der Waals surface area contributed by atoms with Crippen LogP contribution in [-0.2, 0) is 19.7 Å². The molecule has 0 unspecified atom stereocenters. The molecule has 1 aliphatic rings. The zero-order valence-corrected chi connectivity index (χ0v) is 20.3. The molecule has 35 heavy (non-hydrogen) atoms. The Balaban J connectivity index is 1.25. The summed E-state index contributed by atoms with van der Waals surface area (Å²) in [5, 5.41) is 0. The molecule has 1 heterocycles. The highest BCUT2D eigenvalue weighted by molar-refractivity contribution is 5.50. The number of hydrogen-bond donors (Lipinski definition) is 0. The van der Waals surface area contributed by atoms with Gasteiger partial charge in [-0.3, -0.25) is 4.90 Å². The molecule has 0 bridgehead atoms. The van der Waals surface area contributed by atoms with Gasteiger partial charge < -0.3 is 9.64 Å². The number of hydrogen-bond acceptors (Lipinski definition) is 3. The van der Waals surface area contributed by atoms with Gasteiger partial charge in [-0.25, -0.2) is 0 Å². The van der Waals surface area contributed by atoms with E-state index in [0.29, 0.717) is 12.6 Å². The van der Waals surface area contributed by atoms with Crippen LogP contribution in [-0.4, -0.2) is 24.0 Å². The third-order valence-corrected chi connectivity index (χ3v) is 6.86. The quantitative estimate of drug-likeness (QED) is 0.268. The fourth-order valence-corrected chi connectivity index (χ4v) is 4.92. The van der Waals surface area contributed by atoms with E-state index >= 15 is 0 Å². The molecular weight excluding hydrogens is 428 g/mol. The van der Waals surface area contributed by atoms with Gasteiger partial charge in [0.25, 0.3) is 0 Å². The van der Waals surface area contributed by atoms with Gasteiger partial charge in [-0.15, -0.1) is 0 Å². The topological polar surface area (TPSA) is 15.7 Å². The third kappa shape index (κ3) is 6.52. The van der Waals surface area contributed by atoms with Crippen molar-refractivity contribution >= 4 is 5.69 Å². The molecule has 0 spiro atoms. The Bertz CT molecular complexity index is 1140. The lowest BCUT2D eigenvalue weighted by Crippen LogP contribution is -2.44. The first kappa shape index (κ1) is 23.2. The molecule has 3 nitrogen and oxygen atoms in total. The van der Waals surface area contributed by atoms with Crippen molar-refractivity contribution < 1.29 is 4.74 Å². The first-order valence-electron chi connectivity index (χ1n) is 12.7. The summed E-state index contributed by atoms with van der Waals surface area (Å²) in [6, 6.07) is 41.2. The van der Waals surface area contributed by atoms with E-state index in [1.165, 1.54) is 35.2 Å². The maximum Gasteiger partial charge on any atom is 0.119 e. The molecule has 0 aliphatic carbocycles. The SMILES string of the molecule is c1ccc(COc2ccc(N(Cc3ccccc3)C3CCN(Cc4ccccc4)CC3)cc2)cc1. The molecule has 0 aromatic heterocycles. The first-order chi connectivity index (χ1) is 17.3. The van der Waals surface area contributed by atoms with Gasteiger partial charge in [0.2, 0.25) is 0 Å². The Morgan fingerprint density at radius 1 is 0.629 bits per heavy atom. The van der Waals surface area contributed by atoms with Crippen molar-refractivity contribution in [1.29, 1.82) is 0 Å². The van der Waals surface area contributed by atoms with Gasteiger partial charge in [-0.05, 0) is 53.8 Å². The van der Waals surface area contributed by atoms with Gasteiger partial charge in [0, 0.05) is 37.9 Å². The van der Waals surface area contributed by atoms with Crippen LogP contribution in [0.4, 0.5) is 5.69 Å². The van der Waals surface area contributed by atoms with Crippen LogP contribution in [0.15, 0.2) is 115 Å². The van der Waals surface area contributed by atoms with E-state index in [4.69, 9.17) is 4.74 Å². The van der Waals surface area contributed by atoms with E-state index in [9.17, 15) is 0 Å². The second-order valence-electron chi connectivity index (χ2n) is 9.37. The summed E-state index contributed by atoms with van der Waals surface area (Å²) >= 11 is 0. The van der Waals surface area contributed by atoms with Gasteiger partial charge in [-0.2, -0.15) is 0 Å². The van der Waals surface area contributed by atoms with Crippen molar-refractivity contribution in [2.45, 2.75) is 38.6 Å². The Morgan fingerprint density at radius 2 is 1.17 bits per heavy atom. The lowest BCUT2D eigenvalue weighted by molar-refractivity contribution is 0.201. The van der Waals surface area contributed by atoms with Gasteiger partial charge >= 0.3 is 0 Å². The predicted molar refractivity (Wildman–Crippen MR) is 145 cm³/mol. The molecule has 0 saturated carbocycles. The van der Waals surface area contributed by atoms with Crippen LogP contribution in [0.5, 0.6) is 5.75 Å². The Kier molecular flexibility index (Phi) is 7.77. The predicted octanol–water partition coefficient (Wildman–Crippen LogP) is 6.94. The van der Waals surface area contributed by atoms with Gasteiger partial charge in [0.05, 0.1) is 0 Å². The second kappa shape index (κ2) is 11.7. The third-order valence-electron chi connectivity index (χ3n) is 6.86. The van der Waals surface area contributed by atoms with E-state index in [1.54, 1.807) is 0 Å². The number of nitrogens with zero attached hydrogens (tertiary/aromatic N) is 2. The van der Waals surface area contributed by atoms with E-state index in [-0.39, 0.29) is 0 Å². The summed E-state index contributed by atoms with van der Waals surface area (Å²) in [6.07, 6.45) is 2.35. The zero-order chi connectivity index (χ0) is 23.7. The van der Waals surface area contributed by atoms with Crippen LogP contribution in [0.1, 0.15) is 29.5 Å². The highest BCUT2D eigenvalue weighted by atomic mass is 16.5. The van der Waals surface area contributed by atoms with Crippen molar-refractivity contribution in [2.75, 3.05) is 18.0 Å². The zero-order valence-electron chi connectivity index (χ0n) is 20.3. The second-order valence-corrected chi connectivity index (χ2v) is 9.37. The number of piperidine rings is 1. The van der Waals surface area contributed by atoms with E-state index in [1.807, 2.05) is 6.07 Å². The van der Waals surface area contributed by atoms with Gasteiger partial charge in [0.1, 0.15) is 12.4 Å². The van der Waals surface area contributed by atoms with Crippen LogP contribution >= 0.6 is 0 Å². The lowest BCUT2D eigenvalue weighted by Gasteiger charge is -2.40. The highest BCUT2D eigenvalue weighted by Crippen LogP contribution is 2.28. The smallest absolute Gasteiger partial charge is 0.119 e. The van der Waals surface area contributed by atoms with Crippen LogP contribution in [0.2, 0.25) is 0 Å². The Hall–Kier alpha value is -3.56. The van der Waals surface area contributed by atoms with Crippen molar-refractivity contribution in [1.82, 2.24) is 4.90 Å². The largest absolute Gasteiger partial charge is 0.489 e. The maximum absolute atomic E-state index is 6.04. The van der Waals surface area contributed by atoms with Crippen molar-refractivity contribution in [2.24, 2.45) is 0 Å². The molecule has 0 atom stereocenters. The van der Waals surface area contributed by atoms with Gasteiger partial charge in [-0.1, -0.05) is 91.0 Å². The minimum Gasteiger partial charge on any atom is -0.489 e. The summed E-state index contributed by atoms with van der Waals surface area (Å²) in [4.78, 5) is 5.18. The van der Waals surface area contributed by atoms with Crippen molar-refractivity contribution in [3.8, 4) is 5.75 Å². The normalized spacial score (nSPS) is 14.5. The lowest BCUT2D eigenvalue weighted by atomic mass is 10.0. The molecule has 1 aliphatic heterocycles. The molecule has 1 fully saturated rings. The molecule has 178 valence electrons. The number of rotatable bonds is 9. The average molecular weight is 463 g/mol. The Morgan fingerprint density at radius 3 is 1.77 bits per heavy atom. The molecule has 0 radical (unpaired) electrons. The summed E-state index contributed by atoms with van der Waals surface area (Å²) < 4.78 is 6.04. The van der Waals surface area contributed by atoms with E-state index < -0.39 is 0 Å². The van der Waals surface area contributed by atoms with Crippen LogP contribution < -0.4 is 9.64 Å². The molecular formula is C32H34N2O. The number of likely N-dealkylation sites (tertiary alicyclic amines) is 1. The van der Waals surface area contributed by atoms with Gasteiger partial charge in [0.15, 0.2) is 0 Å². The van der Waals surface area contributed by atoms with Crippen LogP contribution in [0.3, 0.4) is 0 Å². The molecule has 0 N–H and O–H groups in total. The first-order valence-corrected chi connectivity index (χ1v) is 12.7. The summed E-state index contributed by atoms with van der Waals surface area (Å²) in [5.41, 5.74) is 5.20. The maximum atomic E-state index is 6.04. The summed E-state index contributed by atoms with van der Waals surface area (Å²) in [6.45, 7) is 4.81. The minimum atomic E-state index is 0.526. The fourth-order valence-electron chi connectivity index (χ4n) is 4.92. The van der Waals surface area contributed by atoms with Crippen LogP contribution in [0.25, 0.3) is 0 Å². The molecule has 5 rings (SSSR count).